The molecule has 0 unspecified atom stereocenters. The van der Waals surface area contributed by atoms with Gasteiger partial charge in [-0.3, -0.25) is 4.79 Å². The molecule has 1 aliphatic rings. The Balaban J connectivity index is 1.60. The fourth-order valence-electron chi connectivity index (χ4n) is 4.61. The van der Waals surface area contributed by atoms with E-state index in [1.54, 1.807) is 0 Å². The molecule has 1 aliphatic heterocycles. The van der Waals surface area contributed by atoms with Crippen LogP contribution < -0.4 is 4.90 Å². The molecule has 35 heavy (non-hydrogen) atoms. The molecule has 5 rings (SSSR count). The zero-order valence-corrected chi connectivity index (χ0v) is 20.9. The molecule has 1 amide bonds. The lowest BCUT2D eigenvalue weighted by atomic mass is 10.1. The number of nitrogens with zero attached hydrogens (tertiary/aromatic N) is 6. The first-order chi connectivity index (χ1) is 17.0. The second-order valence-corrected chi connectivity index (χ2v) is 9.28. The lowest BCUT2D eigenvalue weighted by Crippen LogP contribution is -2.36. The molecule has 0 aliphatic carbocycles. The smallest absolute Gasteiger partial charge is 0.237 e. The number of alkyl halides is 1. The van der Waals surface area contributed by atoms with Crippen LogP contribution in [0.2, 0.25) is 0 Å². The topological polar surface area (TPSA) is 67.2 Å². The molecule has 1 fully saturated rings. The second kappa shape index (κ2) is 10.0. The zero-order valence-electron chi connectivity index (χ0n) is 20.1. The quantitative estimate of drug-likeness (QED) is 0.392. The van der Waals surface area contributed by atoms with Crippen LogP contribution in [-0.4, -0.2) is 62.6 Å². The molecule has 0 radical (unpaired) electrons. The highest BCUT2D eigenvalue weighted by Crippen LogP contribution is 2.30. The number of aromatic nitrogens is 4. The van der Waals surface area contributed by atoms with Gasteiger partial charge in [-0.1, -0.05) is 48.0 Å². The number of amides is 1. The van der Waals surface area contributed by atoms with Crippen molar-refractivity contribution in [2.75, 3.05) is 37.0 Å². The van der Waals surface area contributed by atoms with Gasteiger partial charge in [-0.15, -0.1) is 11.6 Å². The van der Waals surface area contributed by atoms with Crippen LogP contribution in [0.15, 0.2) is 54.6 Å². The molecule has 0 atom stereocenters. The van der Waals surface area contributed by atoms with Gasteiger partial charge in [-0.05, 0) is 38.0 Å². The maximum atomic E-state index is 12.2. The number of carbonyl (C=O) groups is 1. The highest BCUT2D eigenvalue weighted by Gasteiger charge is 2.24. The first-order valence-electron chi connectivity index (χ1n) is 12.0. The SMILES string of the molecule is Cc1ccc(Cc2nc(N3CCCN(C(=O)CCl)CC3)c3c(C)nn(-c4ccccc4)c3n2)cc1. The van der Waals surface area contributed by atoms with Gasteiger partial charge in [-0.2, -0.15) is 5.10 Å². The summed E-state index contributed by atoms with van der Waals surface area (Å²) in [6.45, 7) is 6.91. The van der Waals surface area contributed by atoms with Crippen molar-refractivity contribution >= 4 is 34.4 Å². The third-order valence-corrected chi connectivity index (χ3v) is 6.70. The molecular formula is C27H29ClN6O. The summed E-state index contributed by atoms with van der Waals surface area (Å²) in [7, 11) is 0. The Morgan fingerprint density at radius 2 is 1.71 bits per heavy atom. The lowest BCUT2D eigenvalue weighted by Gasteiger charge is -2.23. The van der Waals surface area contributed by atoms with Gasteiger partial charge in [0.25, 0.3) is 0 Å². The molecule has 180 valence electrons. The largest absolute Gasteiger partial charge is 0.354 e. The summed E-state index contributed by atoms with van der Waals surface area (Å²) in [5.41, 5.74) is 5.05. The molecule has 4 aromatic rings. The number of anilines is 1. The molecule has 2 aromatic carbocycles. The molecule has 3 heterocycles. The van der Waals surface area contributed by atoms with E-state index in [0.717, 1.165) is 52.6 Å². The second-order valence-electron chi connectivity index (χ2n) is 9.01. The molecule has 1 saturated heterocycles. The zero-order chi connectivity index (χ0) is 24.4. The van der Waals surface area contributed by atoms with Crippen LogP contribution in [0.25, 0.3) is 16.7 Å². The summed E-state index contributed by atoms with van der Waals surface area (Å²) >= 11 is 5.82. The molecule has 2 aromatic heterocycles. The van der Waals surface area contributed by atoms with Gasteiger partial charge >= 0.3 is 0 Å². The Morgan fingerprint density at radius 3 is 2.46 bits per heavy atom. The van der Waals surface area contributed by atoms with Crippen molar-refractivity contribution in [3.63, 3.8) is 0 Å². The standard InChI is InChI=1S/C27H29ClN6O/c1-19-9-11-21(12-10-19)17-23-29-26(33-14-6-13-32(15-16-33)24(35)18-28)25-20(2)31-34(27(25)30-23)22-7-4-3-5-8-22/h3-5,7-12H,6,13-18H2,1-2H3. The average molecular weight is 489 g/mol. The number of para-hydroxylation sites is 1. The van der Waals surface area contributed by atoms with Crippen molar-refractivity contribution in [3.05, 3.63) is 77.2 Å². The van der Waals surface area contributed by atoms with Crippen LogP contribution in [-0.2, 0) is 11.2 Å². The van der Waals surface area contributed by atoms with Gasteiger partial charge in [-0.25, -0.2) is 14.6 Å². The van der Waals surface area contributed by atoms with E-state index >= 15 is 0 Å². The number of halogens is 1. The van der Waals surface area contributed by atoms with Gasteiger partial charge < -0.3 is 9.80 Å². The van der Waals surface area contributed by atoms with Crippen LogP contribution >= 0.6 is 11.6 Å². The fraction of sp³-hybridized carbons (Fsp3) is 0.333. The molecule has 7 nitrogen and oxygen atoms in total. The molecule has 0 saturated carbocycles. The lowest BCUT2D eigenvalue weighted by molar-refractivity contribution is -0.128. The van der Waals surface area contributed by atoms with E-state index in [1.807, 2.05) is 46.8 Å². The van der Waals surface area contributed by atoms with Gasteiger partial charge in [0.15, 0.2) is 5.65 Å². The summed E-state index contributed by atoms with van der Waals surface area (Å²) in [5, 5.41) is 5.82. The van der Waals surface area contributed by atoms with E-state index in [0.29, 0.717) is 26.1 Å². The Morgan fingerprint density at radius 1 is 0.943 bits per heavy atom. The Hall–Kier alpha value is -3.45. The molecule has 0 bridgehead atoms. The summed E-state index contributed by atoms with van der Waals surface area (Å²) < 4.78 is 1.91. The van der Waals surface area contributed by atoms with E-state index in [9.17, 15) is 4.79 Å². The van der Waals surface area contributed by atoms with Crippen LogP contribution in [0.1, 0.15) is 29.1 Å². The monoisotopic (exact) mass is 488 g/mol. The third kappa shape index (κ3) is 4.86. The predicted octanol–water partition coefficient (Wildman–Crippen LogP) is 4.30. The van der Waals surface area contributed by atoms with Crippen LogP contribution in [0, 0.1) is 13.8 Å². The first kappa shape index (κ1) is 23.3. The number of fused-ring (bicyclic) bond motifs is 1. The highest BCUT2D eigenvalue weighted by molar-refractivity contribution is 6.27. The minimum Gasteiger partial charge on any atom is -0.354 e. The average Bonchev–Trinajstić information content (AvgIpc) is 3.05. The van der Waals surface area contributed by atoms with Gasteiger partial charge in [0.05, 0.1) is 16.8 Å². The van der Waals surface area contributed by atoms with Crippen LogP contribution in [0.4, 0.5) is 5.82 Å². The summed E-state index contributed by atoms with van der Waals surface area (Å²) in [4.78, 5) is 26.4. The Labute approximate surface area is 210 Å². The van der Waals surface area contributed by atoms with Crippen molar-refractivity contribution < 1.29 is 4.79 Å². The number of carbonyl (C=O) groups excluding carboxylic acids is 1. The van der Waals surface area contributed by atoms with Crippen molar-refractivity contribution in [3.8, 4) is 5.69 Å². The van der Waals surface area contributed by atoms with E-state index in [1.165, 1.54) is 5.56 Å². The number of benzene rings is 2. The first-order valence-corrected chi connectivity index (χ1v) is 12.5. The van der Waals surface area contributed by atoms with Crippen molar-refractivity contribution in [1.29, 1.82) is 0 Å². The number of hydrogen-bond acceptors (Lipinski definition) is 5. The van der Waals surface area contributed by atoms with Gasteiger partial charge in [0.2, 0.25) is 5.91 Å². The van der Waals surface area contributed by atoms with E-state index in [4.69, 9.17) is 26.7 Å². The van der Waals surface area contributed by atoms with Gasteiger partial charge in [0.1, 0.15) is 17.5 Å². The van der Waals surface area contributed by atoms with Crippen LogP contribution in [0.5, 0.6) is 0 Å². The molecule has 0 spiro atoms. The fourth-order valence-corrected chi connectivity index (χ4v) is 4.78. The summed E-state index contributed by atoms with van der Waals surface area (Å²) in [6.07, 6.45) is 1.49. The minimum atomic E-state index is -0.0190. The van der Waals surface area contributed by atoms with Crippen molar-refractivity contribution in [1.82, 2.24) is 24.6 Å². The maximum absolute atomic E-state index is 12.2. The number of hydrogen-bond donors (Lipinski definition) is 0. The predicted molar refractivity (Wildman–Crippen MR) is 140 cm³/mol. The van der Waals surface area contributed by atoms with E-state index in [2.05, 4.69) is 36.1 Å². The highest BCUT2D eigenvalue weighted by atomic mass is 35.5. The third-order valence-electron chi connectivity index (χ3n) is 6.48. The van der Waals surface area contributed by atoms with Crippen molar-refractivity contribution in [2.24, 2.45) is 0 Å². The van der Waals surface area contributed by atoms with E-state index < -0.39 is 0 Å². The molecule has 8 heteroatoms. The summed E-state index contributed by atoms with van der Waals surface area (Å²) in [6, 6.07) is 18.6. The van der Waals surface area contributed by atoms with Crippen molar-refractivity contribution in [2.45, 2.75) is 26.7 Å². The van der Waals surface area contributed by atoms with E-state index in [-0.39, 0.29) is 11.8 Å². The molecule has 0 N–H and O–H groups in total. The minimum absolute atomic E-state index is 0.0153. The number of aryl methyl sites for hydroxylation is 2. The maximum Gasteiger partial charge on any atom is 0.237 e. The normalized spacial score (nSPS) is 14.4. The van der Waals surface area contributed by atoms with Gasteiger partial charge in [0, 0.05) is 32.6 Å². The van der Waals surface area contributed by atoms with Crippen LogP contribution in [0.3, 0.4) is 0 Å². The molecular weight excluding hydrogens is 460 g/mol. The Kier molecular flexibility index (Phi) is 6.68. The summed E-state index contributed by atoms with van der Waals surface area (Å²) in [5.74, 6) is 1.64. The Bertz CT molecular complexity index is 1340. The number of rotatable bonds is 5.